The van der Waals surface area contributed by atoms with Gasteiger partial charge in [0.15, 0.2) is 0 Å². The molecule has 3 N–H and O–H groups in total. The average Bonchev–Trinajstić information content (AvgIpc) is 3.32. The molecule has 0 aliphatic heterocycles. The Kier molecular flexibility index (Phi) is 9.25. The standard InChI is InChI=1S/C30H30N4O.C2H6O/c1-21(2)18-25(20-35)31-30-32-28(24-16-10-5-11-17-24)29-26(22-12-6-3-7-13-22)19-27(33-34(29)30)23-14-8-4-9-15-23;1-2-3/h3-17,19,21,25,35H,18,20H2,1-2H3,(H,31,32);3H,2H2,1H3. The molecule has 2 heterocycles. The molecule has 0 aliphatic rings. The van der Waals surface area contributed by atoms with Crippen molar-refractivity contribution in [3.8, 4) is 33.6 Å². The molecule has 5 aromatic rings. The van der Waals surface area contributed by atoms with Gasteiger partial charge in [0.1, 0.15) is 11.2 Å². The first-order chi connectivity index (χ1) is 18.5. The predicted molar refractivity (Wildman–Crippen MR) is 156 cm³/mol. The van der Waals surface area contributed by atoms with Gasteiger partial charge in [0.05, 0.1) is 18.3 Å². The highest BCUT2D eigenvalue weighted by atomic mass is 16.3. The summed E-state index contributed by atoms with van der Waals surface area (Å²) in [7, 11) is 0. The van der Waals surface area contributed by atoms with Gasteiger partial charge in [-0.05, 0) is 30.9 Å². The summed E-state index contributed by atoms with van der Waals surface area (Å²) in [6.07, 6.45) is 0.829. The Balaban J connectivity index is 0.00000107. The number of aliphatic hydroxyl groups excluding tert-OH is 2. The molecular formula is C32H36N4O2. The molecule has 6 nitrogen and oxygen atoms in total. The van der Waals surface area contributed by atoms with Crippen LogP contribution in [0.15, 0.2) is 97.1 Å². The fraction of sp³-hybridized carbons (Fsp3) is 0.250. The van der Waals surface area contributed by atoms with Crippen molar-refractivity contribution in [1.82, 2.24) is 14.6 Å². The number of aromatic nitrogens is 3. The van der Waals surface area contributed by atoms with Crippen LogP contribution in [0.3, 0.4) is 0 Å². The topological polar surface area (TPSA) is 82.7 Å². The van der Waals surface area contributed by atoms with Crippen molar-refractivity contribution in [3.05, 3.63) is 97.1 Å². The summed E-state index contributed by atoms with van der Waals surface area (Å²) in [5.41, 5.74) is 6.87. The largest absolute Gasteiger partial charge is 0.397 e. The first kappa shape index (κ1) is 27.0. The van der Waals surface area contributed by atoms with E-state index >= 15 is 0 Å². The normalized spacial score (nSPS) is 11.7. The van der Waals surface area contributed by atoms with E-state index in [1.165, 1.54) is 0 Å². The summed E-state index contributed by atoms with van der Waals surface area (Å²) < 4.78 is 1.91. The zero-order valence-electron chi connectivity index (χ0n) is 22.2. The number of imidazole rings is 1. The maximum absolute atomic E-state index is 10.1. The Morgan fingerprint density at radius 3 is 1.84 bits per heavy atom. The quantitative estimate of drug-likeness (QED) is 0.221. The fourth-order valence-electron chi connectivity index (χ4n) is 4.50. The summed E-state index contributed by atoms with van der Waals surface area (Å²) in [6.45, 7) is 6.27. The third-order valence-electron chi connectivity index (χ3n) is 6.11. The number of fused-ring (bicyclic) bond motifs is 1. The number of aliphatic hydroxyl groups is 2. The van der Waals surface area contributed by atoms with E-state index in [4.69, 9.17) is 15.2 Å². The van der Waals surface area contributed by atoms with E-state index in [2.05, 4.69) is 73.8 Å². The van der Waals surface area contributed by atoms with Crippen molar-refractivity contribution in [1.29, 1.82) is 0 Å². The number of nitrogens with zero attached hydrogens (tertiary/aromatic N) is 3. The minimum absolute atomic E-state index is 0.0255. The molecular weight excluding hydrogens is 472 g/mol. The lowest BCUT2D eigenvalue weighted by molar-refractivity contribution is 0.259. The van der Waals surface area contributed by atoms with Gasteiger partial charge in [-0.25, -0.2) is 4.98 Å². The van der Waals surface area contributed by atoms with Crippen molar-refractivity contribution < 1.29 is 10.2 Å². The van der Waals surface area contributed by atoms with Gasteiger partial charge in [0.2, 0.25) is 5.95 Å². The van der Waals surface area contributed by atoms with Crippen molar-refractivity contribution in [2.75, 3.05) is 18.5 Å². The summed E-state index contributed by atoms with van der Waals surface area (Å²) in [6, 6.07) is 32.8. The number of hydrogen-bond donors (Lipinski definition) is 3. The molecule has 0 bridgehead atoms. The van der Waals surface area contributed by atoms with Crippen molar-refractivity contribution in [3.63, 3.8) is 0 Å². The van der Waals surface area contributed by atoms with E-state index in [-0.39, 0.29) is 19.3 Å². The van der Waals surface area contributed by atoms with Gasteiger partial charge in [-0.3, -0.25) is 0 Å². The highest BCUT2D eigenvalue weighted by molar-refractivity contribution is 5.93. The van der Waals surface area contributed by atoms with E-state index in [9.17, 15) is 5.11 Å². The minimum atomic E-state index is -0.119. The molecule has 3 aromatic carbocycles. The summed E-state index contributed by atoms with van der Waals surface area (Å²) in [4.78, 5) is 5.05. The Hall–Kier alpha value is -4.00. The highest BCUT2D eigenvalue weighted by Crippen LogP contribution is 2.36. The molecule has 0 saturated heterocycles. The lowest BCUT2D eigenvalue weighted by atomic mass is 10.0. The number of benzene rings is 3. The SMILES string of the molecule is CC(C)CC(CO)Nc1nc(-c2ccccc2)c2c(-c3ccccc3)cc(-c3ccccc3)nn12.CCO. The molecule has 0 spiro atoms. The molecule has 1 unspecified atom stereocenters. The fourth-order valence-corrected chi connectivity index (χ4v) is 4.50. The summed E-state index contributed by atoms with van der Waals surface area (Å²) in [5.74, 6) is 1.07. The van der Waals surface area contributed by atoms with Gasteiger partial charge in [-0.1, -0.05) is 105 Å². The van der Waals surface area contributed by atoms with E-state index in [0.717, 1.165) is 45.6 Å². The zero-order valence-corrected chi connectivity index (χ0v) is 22.2. The third-order valence-corrected chi connectivity index (χ3v) is 6.11. The van der Waals surface area contributed by atoms with Crippen molar-refractivity contribution in [2.45, 2.75) is 33.2 Å². The second kappa shape index (κ2) is 13.0. The van der Waals surface area contributed by atoms with Gasteiger partial charge in [0, 0.05) is 23.3 Å². The number of nitrogens with one attached hydrogen (secondary N) is 1. The highest BCUT2D eigenvalue weighted by Gasteiger charge is 2.22. The average molecular weight is 509 g/mol. The molecule has 38 heavy (non-hydrogen) atoms. The molecule has 5 rings (SSSR count). The molecule has 0 saturated carbocycles. The van der Waals surface area contributed by atoms with Gasteiger partial charge in [0.25, 0.3) is 0 Å². The van der Waals surface area contributed by atoms with Crippen LogP contribution in [0.5, 0.6) is 0 Å². The second-order valence-corrected chi connectivity index (χ2v) is 9.56. The van der Waals surface area contributed by atoms with E-state index in [1.54, 1.807) is 6.92 Å². The van der Waals surface area contributed by atoms with E-state index in [1.807, 2.05) is 47.0 Å². The van der Waals surface area contributed by atoms with Gasteiger partial charge < -0.3 is 15.5 Å². The molecule has 0 aliphatic carbocycles. The summed E-state index contributed by atoms with van der Waals surface area (Å²) >= 11 is 0. The molecule has 1 atom stereocenters. The number of anilines is 1. The van der Waals surface area contributed by atoms with Crippen molar-refractivity contribution in [2.24, 2.45) is 5.92 Å². The molecule has 0 amide bonds. The Morgan fingerprint density at radius 2 is 1.32 bits per heavy atom. The predicted octanol–water partition coefficient (Wildman–Crippen LogP) is 6.55. The Labute approximate surface area is 224 Å². The first-order valence-corrected chi connectivity index (χ1v) is 13.1. The lowest BCUT2D eigenvalue weighted by Crippen LogP contribution is -2.27. The molecule has 6 heteroatoms. The van der Waals surface area contributed by atoms with Crippen molar-refractivity contribution >= 4 is 11.5 Å². The third kappa shape index (κ3) is 6.28. The van der Waals surface area contributed by atoms with Crippen LogP contribution in [-0.4, -0.2) is 44.1 Å². The number of hydrogen-bond acceptors (Lipinski definition) is 5. The van der Waals surface area contributed by atoms with Crippen LogP contribution >= 0.6 is 0 Å². The summed E-state index contributed by atoms with van der Waals surface area (Å²) in [5, 5.41) is 26.2. The van der Waals surface area contributed by atoms with Gasteiger partial charge in [-0.15, -0.1) is 0 Å². The van der Waals surface area contributed by atoms with E-state index in [0.29, 0.717) is 11.9 Å². The van der Waals surface area contributed by atoms with Crippen LogP contribution in [0.1, 0.15) is 27.2 Å². The maximum atomic E-state index is 10.1. The lowest BCUT2D eigenvalue weighted by Gasteiger charge is -2.18. The van der Waals surface area contributed by atoms with Gasteiger partial charge in [-0.2, -0.15) is 9.61 Å². The Bertz CT molecular complexity index is 1420. The minimum Gasteiger partial charge on any atom is -0.397 e. The maximum Gasteiger partial charge on any atom is 0.225 e. The monoisotopic (exact) mass is 508 g/mol. The van der Waals surface area contributed by atoms with E-state index < -0.39 is 0 Å². The molecule has 2 aromatic heterocycles. The van der Waals surface area contributed by atoms with Crippen LogP contribution in [0, 0.1) is 5.92 Å². The van der Waals surface area contributed by atoms with Crippen LogP contribution in [0.25, 0.3) is 39.2 Å². The number of rotatable bonds is 8. The first-order valence-electron chi connectivity index (χ1n) is 13.1. The van der Waals surface area contributed by atoms with Crippen LogP contribution in [0.4, 0.5) is 5.95 Å². The van der Waals surface area contributed by atoms with Gasteiger partial charge >= 0.3 is 0 Å². The zero-order chi connectivity index (χ0) is 26.9. The smallest absolute Gasteiger partial charge is 0.225 e. The molecule has 196 valence electrons. The molecule has 0 fully saturated rings. The van der Waals surface area contributed by atoms with Crippen LogP contribution in [-0.2, 0) is 0 Å². The molecule has 0 radical (unpaired) electrons. The van der Waals surface area contributed by atoms with Crippen LogP contribution < -0.4 is 5.32 Å². The second-order valence-electron chi connectivity index (χ2n) is 9.56. The van der Waals surface area contributed by atoms with Crippen LogP contribution in [0.2, 0.25) is 0 Å². The Morgan fingerprint density at radius 1 is 0.789 bits per heavy atom.